The van der Waals surface area contributed by atoms with Crippen molar-refractivity contribution in [2.24, 2.45) is 25.6 Å². The number of nitro groups is 1. The molecule has 17 nitrogen and oxygen atoms in total. The number of hydrogen-bond donors (Lipinski definition) is 6. The molecule has 0 saturated carbocycles. The molecule has 0 amide bonds. The fourth-order valence-electron chi connectivity index (χ4n) is 4.76. The Balaban J connectivity index is 0.000000283. The molecule has 6 rings (SSSR count). The van der Waals surface area contributed by atoms with Gasteiger partial charge in [0.1, 0.15) is 45.7 Å². The van der Waals surface area contributed by atoms with Gasteiger partial charge in [0.2, 0.25) is 20.0 Å². The molecular formula is C33H27CrN7NaO10S2+. The van der Waals surface area contributed by atoms with Crippen LogP contribution < -0.4 is 39.4 Å². The summed E-state index contributed by atoms with van der Waals surface area (Å²) in [6.07, 6.45) is 0.983. The van der Waals surface area contributed by atoms with Crippen LogP contribution in [0.5, 0.6) is 23.0 Å². The van der Waals surface area contributed by atoms with Crippen molar-refractivity contribution in [3.8, 4) is 23.0 Å². The van der Waals surface area contributed by atoms with Gasteiger partial charge >= 0.3 is 29.6 Å². The number of sulfonamides is 2. The number of anilines is 1. The third kappa shape index (κ3) is 10.5. The monoisotopic (exact) mass is 820 g/mol. The van der Waals surface area contributed by atoms with Crippen LogP contribution in [0.3, 0.4) is 0 Å². The number of phenols is 4. The molecule has 0 aromatic heterocycles. The number of primary sulfonamides is 1. The maximum Gasteiger partial charge on any atom is 1.00 e. The zero-order valence-corrected chi connectivity index (χ0v) is 33.0. The number of phenolic OH excluding ortho intramolecular Hbond substituents is 4. The van der Waals surface area contributed by atoms with E-state index in [0.29, 0.717) is 10.8 Å². The first-order valence-electron chi connectivity index (χ1n) is 14.6. The van der Waals surface area contributed by atoms with E-state index in [4.69, 9.17) is 5.14 Å². The summed E-state index contributed by atoms with van der Waals surface area (Å²) in [6.45, 7) is 0. The molecule has 21 heteroatoms. The van der Waals surface area contributed by atoms with Gasteiger partial charge in [0.15, 0.2) is 0 Å². The van der Waals surface area contributed by atoms with Crippen molar-refractivity contribution in [1.82, 2.24) is 0 Å². The largest absolute Gasteiger partial charge is 1.00 e. The zero-order chi connectivity index (χ0) is 37.8. The molecule has 0 spiro atoms. The predicted octanol–water partition coefficient (Wildman–Crippen LogP) is 4.26. The summed E-state index contributed by atoms with van der Waals surface area (Å²) in [5, 5.41) is 73.8. The number of benzene rings is 6. The fraction of sp³-hybridized carbons (Fsp3) is 0.0303. The molecule has 0 atom stereocenters. The van der Waals surface area contributed by atoms with E-state index in [1.165, 1.54) is 24.3 Å². The average molecular weight is 821 g/mol. The molecule has 0 aliphatic heterocycles. The van der Waals surface area contributed by atoms with Crippen LogP contribution in [0, 0.1) is 10.1 Å². The molecule has 54 heavy (non-hydrogen) atoms. The minimum absolute atomic E-state index is 0. The number of nitrogens with one attached hydrogen (secondary N) is 1. The Morgan fingerprint density at radius 3 is 1.83 bits per heavy atom. The van der Waals surface area contributed by atoms with Crippen molar-refractivity contribution in [2.45, 2.75) is 4.90 Å². The SMILES string of the molecule is CS(=O)(=O)Nc1cccc2ccc(O)c(N=Nc3cc([N+](=O)[O-])ccc3O)c12.NS(=O)(=O)c1ccc(O)c(N=Nc2c(O)ccc3ccccc23)c1.[Cr].[Na+]. The maximum atomic E-state index is 11.6. The van der Waals surface area contributed by atoms with E-state index < -0.39 is 25.0 Å². The summed E-state index contributed by atoms with van der Waals surface area (Å²) in [7, 11) is -7.54. The number of hydrogen-bond acceptors (Lipinski definition) is 14. The molecule has 6 aromatic carbocycles. The fourth-order valence-corrected chi connectivity index (χ4v) is 5.86. The van der Waals surface area contributed by atoms with E-state index in [1.54, 1.807) is 36.4 Å². The molecule has 0 aliphatic rings. The smallest absolute Gasteiger partial charge is 0.506 e. The van der Waals surface area contributed by atoms with Gasteiger partial charge in [0.05, 0.1) is 21.8 Å². The van der Waals surface area contributed by atoms with Crippen LogP contribution in [0.1, 0.15) is 0 Å². The van der Waals surface area contributed by atoms with Crippen LogP contribution in [0.2, 0.25) is 0 Å². The van der Waals surface area contributed by atoms with Crippen LogP contribution in [-0.2, 0) is 37.4 Å². The Labute approximate surface area is 340 Å². The summed E-state index contributed by atoms with van der Waals surface area (Å²) < 4.78 is 48.4. The molecule has 6 aromatic rings. The molecule has 0 fully saturated rings. The molecule has 0 radical (unpaired) electrons. The van der Waals surface area contributed by atoms with Crippen molar-refractivity contribution in [3.05, 3.63) is 113 Å². The Kier molecular flexibility index (Phi) is 14.2. The van der Waals surface area contributed by atoms with E-state index in [9.17, 15) is 47.4 Å². The molecular weight excluding hydrogens is 794 g/mol. The molecule has 0 bridgehead atoms. The number of nitro benzene ring substituents is 1. The number of aromatic hydroxyl groups is 4. The number of non-ortho nitro benzene ring substituents is 1. The quantitative estimate of drug-likeness (QED) is 0.0549. The van der Waals surface area contributed by atoms with Crippen LogP contribution in [0.15, 0.2) is 128 Å². The van der Waals surface area contributed by atoms with Crippen molar-refractivity contribution < 1.29 is 89.1 Å². The first kappa shape index (κ1) is 43.2. The molecule has 0 unspecified atom stereocenters. The van der Waals surface area contributed by atoms with Crippen LogP contribution in [-0.4, -0.2) is 48.4 Å². The van der Waals surface area contributed by atoms with Gasteiger partial charge in [-0.3, -0.25) is 14.8 Å². The summed E-state index contributed by atoms with van der Waals surface area (Å²) in [5.74, 6) is -0.974. The third-order valence-electron chi connectivity index (χ3n) is 7.13. The van der Waals surface area contributed by atoms with Gasteiger partial charge in [-0.15, -0.1) is 20.5 Å². The van der Waals surface area contributed by atoms with Gasteiger partial charge in [-0.05, 0) is 53.2 Å². The van der Waals surface area contributed by atoms with E-state index in [2.05, 4.69) is 25.2 Å². The first-order valence-corrected chi connectivity index (χ1v) is 18.1. The van der Waals surface area contributed by atoms with Crippen LogP contribution in [0.4, 0.5) is 34.1 Å². The second kappa shape index (κ2) is 17.8. The summed E-state index contributed by atoms with van der Waals surface area (Å²) in [5.41, 5.74) is -0.224. The van der Waals surface area contributed by atoms with E-state index in [1.807, 2.05) is 12.1 Å². The van der Waals surface area contributed by atoms with Gasteiger partial charge in [-0.2, -0.15) is 0 Å². The van der Waals surface area contributed by atoms with E-state index >= 15 is 0 Å². The summed E-state index contributed by atoms with van der Waals surface area (Å²) in [6, 6.07) is 24.9. The Morgan fingerprint density at radius 1 is 0.667 bits per heavy atom. The average Bonchev–Trinajstić information content (AvgIpc) is 3.08. The van der Waals surface area contributed by atoms with Crippen LogP contribution >= 0.6 is 0 Å². The van der Waals surface area contributed by atoms with Crippen molar-refractivity contribution in [2.75, 3.05) is 11.0 Å². The van der Waals surface area contributed by atoms with Gasteiger partial charge in [0, 0.05) is 40.3 Å². The van der Waals surface area contributed by atoms with Crippen molar-refractivity contribution >= 4 is 75.7 Å². The second-order valence-electron chi connectivity index (χ2n) is 10.9. The summed E-state index contributed by atoms with van der Waals surface area (Å²) in [4.78, 5) is 10.0. The first-order chi connectivity index (χ1) is 24.5. The molecule has 0 saturated heterocycles. The summed E-state index contributed by atoms with van der Waals surface area (Å²) >= 11 is 0. The Morgan fingerprint density at radius 2 is 1.20 bits per heavy atom. The molecule has 0 heterocycles. The standard InChI is InChI=1S/C17H14N4O6S.C16H13N3O4S.Cr.Na/c1-28(26,27)20-12-4-2-3-10-5-7-15(23)17(16(10)12)19-18-13-9-11(21(24)25)6-8-14(13)22;17-24(22,23)11-6-8-14(20)13(9-11)18-19-16-12-4-2-1-3-10(12)5-7-15(16)21;;/h2-9,20,22-23H,1H3;1-9,20-21H,(H2,17,22,23);;/q;;;+1. The normalized spacial score (nSPS) is 11.4. The number of nitrogens with zero attached hydrogens (tertiary/aromatic N) is 5. The second-order valence-corrected chi connectivity index (χ2v) is 14.2. The van der Waals surface area contributed by atoms with E-state index in [-0.39, 0.29) is 114 Å². The number of nitrogens with two attached hydrogens (primary N) is 1. The minimum atomic E-state index is -3.93. The van der Waals surface area contributed by atoms with Gasteiger partial charge in [-0.25, -0.2) is 22.0 Å². The predicted molar refractivity (Wildman–Crippen MR) is 192 cm³/mol. The number of azo groups is 2. The van der Waals surface area contributed by atoms with Crippen molar-refractivity contribution in [3.63, 3.8) is 0 Å². The van der Waals surface area contributed by atoms with Crippen molar-refractivity contribution in [1.29, 1.82) is 0 Å². The number of rotatable bonds is 8. The maximum absolute atomic E-state index is 11.6. The van der Waals surface area contributed by atoms with E-state index in [0.717, 1.165) is 42.0 Å². The van der Waals surface area contributed by atoms with Gasteiger partial charge < -0.3 is 20.4 Å². The zero-order valence-electron chi connectivity index (χ0n) is 28.1. The van der Waals surface area contributed by atoms with Crippen LogP contribution in [0.25, 0.3) is 21.5 Å². The third-order valence-corrected chi connectivity index (χ3v) is 8.63. The minimum Gasteiger partial charge on any atom is -0.506 e. The Bertz CT molecular complexity index is 2670. The molecule has 272 valence electrons. The topological polar surface area (TPSA) is 280 Å². The molecule has 0 aliphatic carbocycles. The Hall–Kier alpha value is -5.17. The van der Waals surface area contributed by atoms with Gasteiger partial charge in [-0.1, -0.05) is 48.5 Å². The van der Waals surface area contributed by atoms with Gasteiger partial charge in [0.25, 0.3) is 5.69 Å². The molecule has 7 N–H and O–H groups in total. The number of fused-ring (bicyclic) bond motifs is 2.